The summed E-state index contributed by atoms with van der Waals surface area (Å²) in [6.45, 7) is 1.98. The Bertz CT molecular complexity index is 660. The molecule has 1 saturated heterocycles. The zero-order chi connectivity index (χ0) is 16.1. The fraction of sp³-hybridized carbons (Fsp3) is 0.333. The van der Waals surface area contributed by atoms with Crippen LogP contribution in [0, 0.1) is 0 Å². The van der Waals surface area contributed by atoms with Crippen LogP contribution >= 0.6 is 0 Å². The molecular weight excluding hydrogens is 290 g/mol. The summed E-state index contributed by atoms with van der Waals surface area (Å²) in [5, 5.41) is 12.7. The highest BCUT2D eigenvalue weighted by molar-refractivity contribution is 5.93. The highest BCUT2D eigenvalue weighted by Gasteiger charge is 2.19. The van der Waals surface area contributed by atoms with E-state index in [1.807, 2.05) is 36.4 Å². The van der Waals surface area contributed by atoms with Gasteiger partial charge in [-0.25, -0.2) is 0 Å². The van der Waals surface area contributed by atoms with Crippen molar-refractivity contribution in [3.05, 3.63) is 59.9 Å². The molecule has 5 nitrogen and oxygen atoms in total. The average Bonchev–Trinajstić information content (AvgIpc) is 2.61. The fourth-order valence-corrected chi connectivity index (χ4v) is 2.80. The lowest BCUT2D eigenvalue weighted by molar-refractivity contribution is 0.0946. The molecule has 0 unspecified atom stereocenters. The van der Waals surface area contributed by atoms with Crippen LogP contribution in [0.5, 0.6) is 0 Å². The van der Waals surface area contributed by atoms with Gasteiger partial charge in [0.25, 0.3) is 5.91 Å². The van der Waals surface area contributed by atoms with Crippen LogP contribution in [0.4, 0.5) is 5.69 Å². The highest BCUT2D eigenvalue weighted by Crippen LogP contribution is 2.20. The van der Waals surface area contributed by atoms with Gasteiger partial charge in [0.2, 0.25) is 0 Å². The number of nitrogens with one attached hydrogen (secondary N) is 1. The second-order valence-corrected chi connectivity index (χ2v) is 5.81. The number of rotatable bonds is 4. The van der Waals surface area contributed by atoms with E-state index in [-0.39, 0.29) is 12.0 Å². The zero-order valence-corrected chi connectivity index (χ0v) is 13.0. The van der Waals surface area contributed by atoms with Gasteiger partial charge in [-0.05, 0) is 30.5 Å². The number of amides is 1. The Morgan fingerprint density at radius 3 is 2.91 bits per heavy atom. The van der Waals surface area contributed by atoms with E-state index in [0.717, 1.165) is 30.6 Å². The number of hydrogen-bond donors (Lipinski definition) is 2. The first-order valence-corrected chi connectivity index (χ1v) is 7.93. The molecule has 1 aromatic carbocycles. The maximum atomic E-state index is 12.3. The number of anilines is 1. The third-order valence-electron chi connectivity index (χ3n) is 4.03. The quantitative estimate of drug-likeness (QED) is 0.906. The van der Waals surface area contributed by atoms with Gasteiger partial charge in [-0.1, -0.05) is 30.3 Å². The van der Waals surface area contributed by atoms with Gasteiger partial charge >= 0.3 is 0 Å². The van der Waals surface area contributed by atoms with E-state index in [1.165, 1.54) is 0 Å². The van der Waals surface area contributed by atoms with Crippen molar-refractivity contribution in [3.8, 4) is 0 Å². The average molecular weight is 311 g/mol. The zero-order valence-electron chi connectivity index (χ0n) is 13.0. The summed E-state index contributed by atoms with van der Waals surface area (Å²) in [6, 6.07) is 13.5. The number of hydrogen-bond acceptors (Lipinski definition) is 4. The Kier molecular flexibility index (Phi) is 4.88. The fourth-order valence-electron chi connectivity index (χ4n) is 2.80. The van der Waals surface area contributed by atoms with E-state index in [2.05, 4.69) is 15.2 Å². The smallest absolute Gasteiger partial charge is 0.270 e. The van der Waals surface area contributed by atoms with Crippen molar-refractivity contribution in [1.82, 2.24) is 10.3 Å². The largest absolute Gasteiger partial charge is 0.391 e. The van der Waals surface area contributed by atoms with Gasteiger partial charge in [-0.3, -0.25) is 9.78 Å². The van der Waals surface area contributed by atoms with Crippen LogP contribution < -0.4 is 10.2 Å². The van der Waals surface area contributed by atoms with E-state index < -0.39 is 0 Å². The normalized spacial score (nSPS) is 17.8. The minimum absolute atomic E-state index is 0.187. The Hall–Kier alpha value is -2.40. The first kappa shape index (κ1) is 15.5. The minimum Gasteiger partial charge on any atom is -0.391 e. The van der Waals surface area contributed by atoms with Gasteiger partial charge in [0.05, 0.1) is 6.10 Å². The van der Waals surface area contributed by atoms with E-state index in [1.54, 1.807) is 12.3 Å². The molecule has 1 aliphatic rings. The molecule has 1 aromatic heterocycles. The van der Waals surface area contributed by atoms with Crippen molar-refractivity contribution in [2.24, 2.45) is 0 Å². The predicted octanol–water partition coefficient (Wildman–Crippen LogP) is 1.97. The third kappa shape index (κ3) is 4.07. The van der Waals surface area contributed by atoms with Gasteiger partial charge < -0.3 is 15.3 Å². The van der Waals surface area contributed by atoms with E-state index in [0.29, 0.717) is 18.8 Å². The lowest BCUT2D eigenvalue weighted by atomic mass is 10.1. The Morgan fingerprint density at radius 2 is 2.13 bits per heavy atom. The van der Waals surface area contributed by atoms with Crippen LogP contribution in [0.25, 0.3) is 0 Å². The first-order valence-electron chi connectivity index (χ1n) is 7.93. The number of carbonyl (C=O) groups excluding carboxylic acids is 1. The molecule has 1 aliphatic heterocycles. The molecule has 2 aromatic rings. The molecule has 1 amide bonds. The highest BCUT2D eigenvalue weighted by atomic mass is 16.3. The van der Waals surface area contributed by atoms with Crippen LogP contribution in [0.15, 0.2) is 48.7 Å². The number of pyridine rings is 1. The molecule has 120 valence electrons. The second kappa shape index (κ2) is 7.24. The van der Waals surface area contributed by atoms with Gasteiger partial charge in [-0.2, -0.15) is 0 Å². The van der Waals surface area contributed by atoms with Crippen molar-refractivity contribution in [2.75, 3.05) is 18.0 Å². The summed E-state index contributed by atoms with van der Waals surface area (Å²) < 4.78 is 0. The van der Waals surface area contributed by atoms with Crippen LogP contribution in [-0.4, -0.2) is 35.2 Å². The standard InChI is InChI=1S/C18H21N3O2/c22-16-7-4-10-21(13-16)15-8-9-19-17(11-15)18(23)20-12-14-5-2-1-3-6-14/h1-3,5-6,8-9,11,16,22H,4,7,10,12-13H2,(H,20,23)/t16-/m1/s1. The Morgan fingerprint density at radius 1 is 1.30 bits per heavy atom. The number of nitrogens with zero attached hydrogens (tertiary/aromatic N) is 2. The number of piperidine rings is 1. The Balaban J connectivity index is 1.65. The third-order valence-corrected chi connectivity index (χ3v) is 4.03. The molecular formula is C18H21N3O2. The van der Waals surface area contributed by atoms with E-state index >= 15 is 0 Å². The van der Waals surface area contributed by atoms with Gasteiger partial charge in [0, 0.05) is 31.5 Å². The van der Waals surface area contributed by atoms with Crippen molar-refractivity contribution in [3.63, 3.8) is 0 Å². The molecule has 0 bridgehead atoms. The van der Waals surface area contributed by atoms with E-state index in [4.69, 9.17) is 0 Å². The van der Waals surface area contributed by atoms with Crippen molar-refractivity contribution < 1.29 is 9.90 Å². The molecule has 23 heavy (non-hydrogen) atoms. The molecule has 3 rings (SSSR count). The number of β-amino-alcohol motifs (C(OH)–C–C–N with tert-alkyl or cyclic N) is 1. The molecule has 5 heteroatoms. The van der Waals surface area contributed by atoms with Crippen LogP contribution in [0.1, 0.15) is 28.9 Å². The maximum Gasteiger partial charge on any atom is 0.270 e. The van der Waals surface area contributed by atoms with Gasteiger partial charge in [0.15, 0.2) is 0 Å². The molecule has 0 aliphatic carbocycles. The second-order valence-electron chi connectivity index (χ2n) is 5.81. The van der Waals surface area contributed by atoms with Crippen LogP contribution in [-0.2, 0) is 6.54 Å². The van der Waals surface area contributed by atoms with Crippen molar-refractivity contribution in [1.29, 1.82) is 0 Å². The summed E-state index contributed by atoms with van der Waals surface area (Å²) in [5.74, 6) is -0.187. The predicted molar refractivity (Wildman–Crippen MR) is 89.3 cm³/mol. The summed E-state index contributed by atoms with van der Waals surface area (Å²) in [7, 11) is 0. The lowest BCUT2D eigenvalue weighted by Gasteiger charge is -2.32. The number of carbonyl (C=O) groups is 1. The minimum atomic E-state index is -0.299. The first-order chi connectivity index (χ1) is 11.2. The van der Waals surface area contributed by atoms with Crippen molar-refractivity contribution in [2.45, 2.75) is 25.5 Å². The topological polar surface area (TPSA) is 65.5 Å². The summed E-state index contributed by atoms with van der Waals surface area (Å²) in [4.78, 5) is 18.5. The molecule has 0 saturated carbocycles. The number of aromatic nitrogens is 1. The van der Waals surface area contributed by atoms with Crippen LogP contribution in [0.3, 0.4) is 0 Å². The number of aliphatic hydroxyl groups is 1. The SMILES string of the molecule is O=C(NCc1ccccc1)c1cc(N2CCC[C@@H](O)C2)ccn1. The molecule has 0 radical (unpaired) electrons. The lowest BCUT2D eigenvalue weighted by Crippen LogP contribution is -2.38. The summed E-state index contributed by atoms with van der Waals surface area (Å²) >= 11 is 0. The molecule has 0 spiro atoms. The molecule has 2 heterocycles. The van der Waals surface area contributed by atoms with Gasteiger partial charge in [0.1, 0.15) is 5.69 Å². The van der Waals surface area contributed by atoms with Crippen molar-refractivity contribution >= 4 is 11.6 Å². The Labute approximate surface area is 136 Å². The van der Waals surface area contributed by atoms with E-state index in [9.17, 15) is 9.90 Å². The summed E-state index contributed by atoms with van der Waals surface area (Å²) in [5.41, 5.74) is 2.39. The monoisotopic (exact) mass is 311 g/mol. The van der Waals surface area contributed by atoms with Crippen LogP contribution in [0.2, 0.25) is 0 Å². The number of benzene rings is 1. The molecule has 2 N–H and O–H groups in total. The summed E-state index contributed by atoms with van der Waals surface area (Å²) in [6.07, 6.45) is 3.14. The van der Waals surface area contributed by atoms with Gasteiger partial charge in [-0.15, -0.1) is 0 Å². The molecule has 1 fully saturated rings. The molecule has 1 atom stereocenters. The number of aliphatic hydroxyl groups excluding tert-OH is 1. The maximum absolute atomic E-state index is 12.3.